The number of allylic oxidation sites excluding steroid dienone is 2. The summed E-state index contributed by atoms with van der Waals surface area (Å²) in [4.78, 5) is 26.9. The third-order valence-electron chi connectivity index (χ3n) is 8.46. The van der Waals surface area contributed by atoms with E-state index in [9.17, 15) is 24.9 Å². The van der Waals surface area contributed by atoms with Gasteiger partial charge in [-0.2, -0.15) is 0 Å². The number of hydrogen-bond acceptors (Lipinski definition) is 7. The number of fused-ring (bicyclic) bond motifs is 2. The van der Waals surface area contributed by atoms with Crippen LogP contribution in [-0.4, -0.2) is 58.1 Å². The molecule has 4 rings (SSSR count). The quantitative estimate of drug-likeness (QED) is 0.603. The van der Waals surface area contributed by atoms with Gasteiger partial charge < -0.3 is 24.8 Å². The fourth-order valence-electron chi connectivity index (χ4n) is 7.13. The molecule has 1 aliphatic heterocycles. The van der Waals surface area contributed by atoms with Gasteiger partial charge in [0.15, 0.2) is 17.8 Å². The normalized spacial score (nSPS) is 55.9. The summed E-state index contributed by atoms with van der Waals surface area (Å²) < 4.78 is 11.2. The number of aliphatic hydroxyl groups is 3. The maximum Gasteiger partial charge on any atom is 0.203 e. The Morgan fingerprint density at radius 3 is 2.43 bits per heavy atom. The number of ketones is 2. The molecular formula is C21H30O7. The van der Waals surface area contributed by atoms with Crippen molar-refractivity contribution in [3.63, 3.8) is 0 Å². The lowest BCUT2D eigenvalue weighted by atomic mass is 9.38. The molecule has 7 heteroatoms. The molecule has 2 saturated carbocycles. The zero-order valence-electron chi connectivity index (χ0n) is 17.0. The first-order chi connectivity index (χ1) is 12.9. The summed E-state index contributed by atoms with van der Waals surface area (Å²) >= 11 is 0. The molecule has 1 saturated heterocycles. The standard InChI is InChI=1S/C21H30O7/c1-9-6-11(27-5)17(24)19(2)10(9)7-13-20(3)12(8-14(22)28-13)21(4,26)18(25)15(23)16(19)20/h6,9-10,12-14,16,18,22,25-26H,7-8H2,1-5H3/t9-,10+,12-,13-,14?,16-,18+,19+,20-,21+/m1/s1. The van der Waals surface area contributed by atoms with Gasteiger partial charge in [-0.1, -0.05) is 20.8 Å². The van der Waals surface area contributed by atoms with Gasteiger partial charge >= 0.3 is 0 Å². The summed E-state index contributed by atoms with van der Waals surface area (Å²) in [5.41, 5.74) is -3.68. The van der Waals surface area contributed by atoms with Gasteiger partial charge in [0.05, 0.1) is 18.8 Å². The van der Waals surface area contributed by atoms with Crippen LogP contribution < -0.4 is 0 Å². The Labute approximate surface area is 164 Å². The Morgan fingerprint density at radius 2 is 1.82 bits per heavy atom. The minimum absolute atomic E-state index is 0.0456. The van der Waals surface area contributed by atoms with Crippen molar-refractivity contribution in [3.8, 4) is 0 Å². The number of carbonyl (C=O) groups excluding carboxylic acids is 2. The molecule has 4 aliphatic rings. The fourth-order valence-corrected chi connectivity index (χ4v) is 7.13. The summed E-state index contributed by atoms with van der Waals surface area (Å²) in [5.74, 6) is -2.22. The summed E-state index contributed by atoms with van der Waals surface area (Å²) in [6.07, 6.45) is -0.847. The molecule has 7 nitrogen and oxygen atoms in total. The lowest BCUT2D eigenvalue weighted by Crippen LogP contribution is -2.76. The zero-order chi connectivity index (χ0) is 20.8. The maximum atomic E-state index is 13.5. The highest BCUT2D eigenvalue weighted by Crippen LogP contribution is 2.68. The van der Waals surface area contributed by atoms with E-state index in [2.05, 4.69) is 0 Å². The van der Waals surface area contributed by atoms with Crippen LogP contribution in [0.1, 0.15) is 40.5 Å². The van der Waals surface area contributed by atoms with Crippen LogP contribution in [0.3, 0.4) is 0 Å². The van der Waals surface area contributed by atoms with Crippen molar-refractivity contribution in [3.05, 3.63) is 11.8 Å². The summed E-state index contributed by atoms with van der Waals surface area (Å²) in [6.45, 7) is 7.08. The predicted molar refractivity (Wildman–Crippen MR) is 97.7 cm³/mol. The first kappa shape index (κ1) is 20.0. The molecule has 0 amide bonds. The average molecular weight is 394 g/mol. The molecule has 3 aliphatic carbocycles. The SMILES string of the molecule is COC1=C[C@@H](C)[C@@H]2C[C@H]3OC(O)C[C@H]4[C@](C)(O)[C@@H](O)C(=O)[C@H]([C@@]2(C)C1=O)[C@@]34C. The van der Waals surface area contributed by atoms with Crippen molar-refractivity contribution in [2.45, 2.75) is 64.6 Å². The van der Waals surface area contributed by atoms with Gasteiger partial charge in [-0.3, -0.25) is 9.59 Å². The van der Waals surface area contributed by atoms with E-state index in [1.165, 1.54) is 14.0 Å². The highest BCUT2D eigenvalue weighted by atomic mass is 16.6. The smallest absolute Gasteiger partial charge is 0.203 e. The van der Waals surface area contributed by atoms with E-state index in [0.29, 0.717) is 6.42 Å². The second-order valence-electron chi connectivity index (χ2n) is 9.75. The number of ether oxygens (including phenoxy) is 2. The van der Waals surface area contributed by atoms with Gasteiger partial charge in [-0.05, 0) is 31.3 Å². The van der Waals surface area contributed by atoms with Crippen LogP contribution in [-0.2, 0) is 19.1 Å². The maximum absolute atomic E-state index is 13.5. The van der Waals surface area contributed by atoms with Crippen molar-refractivity contribution in [1.82, 2.24) is 0 Å². The topological polar surface area (TPSA) is 113 Å². The minimum atomic E-state index is -1.71. The van der Waals surface area contributed by atoms with Crippen molar-refractivity contribution < 1.29 is 34.4 Å². The van der Waals surface area contributed by atoms with Crippen LogP contribution in [0.2, 0.25) is 0 Å². The van der Waals surface area contributed by atoms with E-state index in [4.69, 9.17) is 9.47 Å². The number of Topliss-reactive ketones (excluding diaryl/α,β-unsaturated/α-hetero) is 2. The molecule has 10 atom stereocenters. The molecule has 0 radical (unpaired) electrons. The van der Waals surface area contributed by atoms with Crippen molar-refractivity contribution in [2.24, 2.45) is 34.5 Å². The van der Waals surface area contributed by atoms with Crippen LogP contribution >= 0.6 is 0 Å². The largest absolute Gasteiger partial charge is 0.493 e. The van der Waals surface area contributed by atoms with E-state index in [1.54, 1.807) is 13.0 Å². The van der Waals surface area contributed by atoms with Crippen molar-refractivity contribution in [2.75, 3.05) is 7.11 Å². The third-order valence-corrected chi connectivity index (χ3v) is 8.46. The van der Waals surface area contributed by atoms with E-state index < -0.39 is 52.5 Å². The van der Waals surface area contributed by atoms with E-state index in [-0.39, 0.29) is 29.8 Å². The van der Waals surface area contributed by atoms with Crippen LogP contribution in [0.25, 0.3) is 0 Å². The molecule has 0 aromatic rings. The fraction of sp³-hybridized carbons (Fsp3) is 0.810. The van der Waals surface area contributed by atoms with Crippen LogP contribution in [0.4, 0.5) is 0 Å². The van der Waals surface area contributed by atoms with E-state index in [1.807, 2.05) is 13.8 Å². The van der Waals surface area contributed by atoms with Gasteiger partial charge in [-0.25, -0.2) is 0 Å². The molecule has 156 valence electrons. The summed E-state index contributed by atoms with van der Waals surface area (Å²) in [5, 5.41) is 32.2. The van der Waals surface area contributed by atoms with Gasteiger partial charge in [0.2, 0.25) is 5.78 Å². The van der Waals surface area contributed by atoms with Gasteiger partial charge in [0.25, 0.3) is 0 Å². The van der Waals surface area contributed by atoms with Crippen molar-refractivity contribution in [1.29, 1.82) is 0 Å². The zero-order valence-corrected chi connectivity index (χ0v) is 17.0. The second kappa shape index (κ2) is 5.88. The lowest BCUT2D eigenvalue weighted by Gasteiger charge is -2.68. The van der Waals surface area contributed by atoms with Gasteiger partial charge in [0.1, 0.15) is 6.10 Å². The summed E-state index contributed by atoms with van der Waals surface area (Å²) in [7, 11) is 1.44. The molecule has 1 unspecified atom stereocenters. The lowest BCUT2D eigenvalue weighted by molar-refractivity contribution is -0.317. The van der Waals surface area contributed by atoms with Crippen molar-refractivity contribution >= 4 is 11.6 Å². The van der Waals surface area contributed by atoms with Crippen LogP contribution in [0, 0.1) is 34.5 Å². The van der Waals surface area contributed by atoms with Crippen LogP contribution in [0.5, 0.6) is 0 Å². The first-order valence-corrected chi connectivity index (χ1v) is 10.00. The first-order valence-electron chi connectivity index (χ1n) is 10.00. The Hall–Kier alpha value is -1.28. The Morgan fingerprint density at radius 1 is 1.18 bits per heavy atom. The Balaban J connectivity index is 1.95. The highest BCUT2D eigenvalue weighted by molar-refractivity contribution is 6.04. The van der Waals surface area contributed by atoms with Crippen LogP contribution in [0.15, 0.2) is 11.8 Å². The number of hydrogen-bond donors (Lipinski definition) is 3. The molecule has 1 heterocycles. The summed E-state index contributed by atoms with van der Waals surface area (Å²) in [6, 6.07) is 0. The number of rotatable bonds is 1. The second-order valence-corrected chi connectivity index (χ2v) is 9.75. The minimum Gasteiger partial charge on any atom is -0.493 e. The predicted octanol–water partition coefficient (Wildman–Crippen LogP) is 0.802. The molecule has 0 aromatic carbocycles. The molecule has 0 aromatic heterocycles. The number of carbonyl (C=O) groups is 2. The number of methoxy groups -OCH3 is 1. The monoisotopic (exact) mass is 394 g/mol. The Kier molecular flexibility index (Phi) is 4.20. The van der Waals surface area contributed by atoms with E-state index >= 15 is 0 Å². The Bertz CT molecular complexity index is 758. The molecule has 3 fully saturated rings. The highest BCUT2D eigenvalue weighted by Gasteiger charge is 2.75. The van der Waals surface area contributed by atoms with Gasteiger partial charge in [0, 0.05) is 29.1 Å². The average Bonchev–Trinajstić information content (AvgIpc) is 2.62. The molecule has 28 heavy (non-hydrogen) atoms. The third kappa shape index (κ3) is 2.13. The molecule has 3 N–H and O–H groups in total. The molecule has 0 bridgehead atoms. The van der Waals surface area contributed by atoms with Gasteiger partial charge in [-0.15, -0.1) is 0 Å². The number of aliphatic hydroxyl groups excluding tert-OH is 2. The molecular weight excluding hydrogens is 364 g/mol. The molecule has 0 spiro atoms. The van der Waals surface area contributed by atoms with E-state index in [0.717, 1.165) is 0 Å².